The highest BCUT2D eigenvalue weighted by atomic mass is 35.6. The maximum Gasteiger partial charge on any atom is 0.540 e. The summed E-state index contributed by atoms with van der Waals surface area (Å²) >= 11 is 6.05. The molecule has 0 unspecified atom stereocenters. The highest BCUT2D eigenvalue weighted by Gasteiger charge is 2.61. The third-order valence-corrected chi connectivity index (χ3v) is 5.71. The Morgan fingerprint density at radius 3 is 1.23 bits per heavy atom. The van der Waals surface area contributed by atoms with Crippen LogP contribution in [0.15, 0.2) is 0 Å². The minimum atomic E-state index is -3.17. The lowest BCUT2D eigenvalue weighted by atomic mass is 11.1. The zero-order valence-corrected chi connectivity index (χ0v) is 10.2. The Hall–Kier alpha value is 0.307. The maximum atomic E-state index is 6.05. The van der Waals surface area contributed by atoms with Crippen LogP contribution in [0.2, 0.25) is 0 Å². The molecule has 0 N–H and O–H groups in total. The molecule has 0 aromatic carbocycles. The maximum absolute atomic E-state index is 6.05. The number of hydrogen-bond acceptors (Lipinski definition) is 5. The van der Waals surface area contributed by atoms with E-state index in [1.807, 2.05) is 0 Å². The fourth-order valence-corrected chi connectivity index (χ4v) is 3.04. The third-order valence-electron chi connectivity index (χ3n) is 1.70. The molecule has 7 heteroatoms. The van der Waals surface area contributed by atoms with Gasteiger partial charge in [-0.25, -0.2) is 0 Å². The van der Waals surface area contributed by atoms with Crippen LogP contribution in [0.3, 0.4) is 0 Å². The van der Waals surface area contributed by atoms with Crippen molar-refractivity contribution in [3.05, 3.63) is 0 Å². The van der Waals surface area contributed by atoms with E-state index in [9.17, 15) is 0 Å². The van der Waals surface area contributed by atoms with Gasteiger partial charge >= 0.3 is 13.5 Å². The molecule has 0 heterocycles. The van der Waals surface area contributed by atoms with Gasteiger partial charge in [0.1, 0.15) is 0 Å². The van der Waals surface area contributed by atoms with Crippen molar-refractivity contribution in [2.24, 2.45) is 0 Å². The molecule has 0 aromatic rings. The molecule has 0 aliphatic rings. The van der Waals surface area contributed by atoms with Crippen LogP contribution in [0.4, 0.5) is 0 Å². The number of methoxy groups -OCH3 is 3. The van der Waals surface area contributed by atoms with Crippen LogP contribution in [0, 0.1) is 0 Å². The Morgan fingerprint density at radius 1 is 0.846 bits per heavy atom. The van der Waals surface area contributed by atoms with E-state index >= 15 is 0 Å². The van der Waals surface area contributed by atoms with E-state index in [1.165, 1.54) is 35.5 Å². The molecule has 13 heavy (non-hydrogen) atoms. The summed E-state index contributed by atoms with van der Waals surface area (Å²) in [6, 6.07) is 0. The quantitative estimate of drug-likeness (QED) is 0.380. The van der Waals surface area contributed by atoms with Crippen molar-refractivity contribution in [2.75, 3.05) is 35.5 Å². The minimum Gasteiger partial charge on any atom is -0.382 e. The monoisotopic (exact) mass is 230 g/mol. The molecule has 0 amide bonds. The third kappa shape index (κ3) is 2.21. The Labute approximate surface area is 83.8 Å². The van der Waals surface area contributed by atoms with Crippen molar-refractivity contribution in [2.45, 2.75) is 5.60 Å². The summed E-state index contributed by atoms with van der Waals surface area (Å²) in [6.07, 6.45) is 0. The predicted octanol–water partition coefficient (Wildman–Crippen LogP) is 0.589. The van der Waals surface area contributed by atoms with Crippen molar-refractivity contribution in [3.63, 3.8) is 0 Å². The summed E-state index contributed by atoms with van der Waals surface area (Å²) in [6.45, 7) is 0. The number of halogens is 1. The second kappa shape index (κ2) is 5.25. The van der Waals surface area contributed by atoms with Crippen LogP contribution in [0.25, 0.3) is 0 Å². The summed E-state index contributed by atoms with van der Waals surface area (Å²) < 4.78 is 25.1. The first-order valence-corrected chi connectivity index (χ1v) is 6.33. The lowest BCUT2D eigenvalue weighted by Crippen LogP contribution is -2.61. The Bertz CT molecular complexity index is 140. The average Bonchev–Trinajstić information content (AvgIpc) is 2.20. The molecule has 0 aromatic heterocycles. The SMILES string of the molecule is COC(OC)(OC)[Si](Cl)(OC)OC. The molecule has 0 atom stereocenters. The van der Waals surface area contributed by atoms with Gasteiger partial charge < -0.3 is 23.1 Å². The second-order valence-corrected chi connectivity index (χ2v) is 6.11. The lowest BCUT2D eigenvalue weighted by molar-refractivity contribution is -0.312. The van der Waals surface area contributed by atoms with Gasteiger partial charge in [0.2, 0.25) is 0 Å². The molecule has 5 nitrogen and oxygen atoms in total. The van der Waals surface area contributed by atoms with Crippen molar-refractivity contribution < 1.29 is 23.1 Å². The average molecular weight is 231 g/mol. The second-order valence-electron chi connectivity index (χ2n) is 2.11. The smallest absolute Gasteiger partial charge is 0.382 e. The van der Waals surface area contributed by atoms with E-state index in [1.54, 1.807) is 0 Å². The molecule has 0 radical (unpaired) electrons. The van der Waals surface area contributed by atoms with Gasteiger partial charge in [0, 0.05) is 35.5 Å². The molecule has 0 rings (SSSR count). The highest BCUT2D eigenvalue weighted by molar-refractivity contribution is 7.14. The standard InChI is InChI=1S/C6H15ClO5Si/c1-8-6(9-2,10-3)13(7,11-4)12-5/h1-5H3. The molecule has 0 spiro atoms. The summed E-state index contributed by atoms with van der Waals surface area (Å²) in [5.41, 5.74) is -1.46. The van der Waals surface area contributed by atoms with Gasteiger partial charge in [0.25, 0.3) is 0 Å². The van der Waals surface area contributed by atoms with E-state index in [0.717, 1.165) is 0 Å². The largest absolute Gasteiger partial charge is 0.540 e. The Kier molecular flexibility index (Phi) is 5.38. The Balaban J connectivity index is 4.87. The molecular formula is C6H15ClO5Si. The molecular weight excluding hydrogens is 216 g/mol. The zero-order chi connectivity index (χ0) is 10.5. The van der Waals surface area contributed by atoms with Crippen LogP contribution in [-0.4, -0.2) is 49.0 Å². The molecule has 0 saturated heterocycles. The van der Waals surface area contributed by atoms with Gasteiger partial charge in [0.15, 0.2) is 0 Å². The van der Waals surface area contributed by atoms with Gasteiger partial charge in [-0.1, -0.05) is 11.1 Å². The highest BCUT2D eigenvalue weighted by Crippen LogP contribution is 2.30. The van der Waals surface area contributed by atoms with Gasteiger partial charge in [-0.05, 0) is 0 Å². The first kappa shape index (κ1) is 13.3. The van der Waals surface area contributed by atoms with Crippen LogP contribution in [0.5, 0.6) is 0 Å². The van der Waals surface area contributed by atoms with Gasteiger partial charge in [-0.3, -0.25) is 0 Å². The molecule has 0 saturated carbocycles. The normalized spacial score (nSPS) is 13.4. The van der Waals surface area contributed by atoms with E-state index in [2.05, 4.69) is 0 Å². The predicted molar refractivity (Wildman–Crippen MR) is 49.4 cm³/mol. The molecule has 0 aliphatic heterocycles. The van der Waals surface area contributed by atoms with E-state index in [-0.39, 0.29) is 0 Å². The first-order valence-electron chi connectivity index (χ1n) is 3.50. The van der Waals surface area contributed by atoms with Crippen molar-refractivity contribution in [3.8, 4) is 0 Å². The van der Waals surface area contributed by atoms with Crippen molar-refractivity contribution in [1.82, 2.24) is 0 Å². The topological polar surface area (TPSA) is 46.2 Å². The summed E-state index contributed by atoms with van der Waals surface area (Å²) in [5, 5.41) is 0. The first-order chi connectivity index (χ1) is 6.05. The summed E-state index contributed by atoms with van der Waals surface area (Å²) in [5.74, 6) is 0. The van der Waals surface area contributed by atoms with Crippen LogP contribution in [-0.2, 0) is 23.1 Å². The summed E-state index contributed by atoms with van der Waals surface area (Å²) in [7, 11) is 3.84. The van der Waals surface area contributed by atoms with Crippen LogP contribution in [0.1, 0.15) is 0 Å². The molecule has 80 valence electrons. The number of rotatable bonds is 6. The van der Waals surface area contributed by atoms with Crippen molar-refractivity contribution >= 4 is 18.9 Å². The van der Waals surface area contributed by atoms with E-state index < -0.39 is 13.5 Å². The lowest BCUT2D eigenvalue weighted by Gasteiger charge is -2.36. The number of ether oxygens (including phenoxy) is 3. The van der Waals surface area contributed by atoms with Crippen LogP contribution >= 0.6 is 11.1 Å². The summed E-state index contributed by atoms with van der Waals surface area (Å²) in [4.78, 5) is 0. The molecule has 0 bridgehead atoms. The fourth-order valence-electron chi connectivity index (χ4n) is 0.949. The van der Waals surface area contributed by atoms with E-state index in [0.29, 0.717) is 0 Å². The number of hydrogen-bond donors (Lipinski definition) is 0. The van der Waals surface area contributed by atoms with Crippen LogP contribution < -0.4 is 0 Å². The van der Waals surface area contributed by atoms with E-state index in [4.69, 9.17) is 34.1 Å². The Morgan fingerprint density at radius 2 is 1.15 bits per heavy atom. The zero-order valence-electron chi connectivity index (χ0n) is 8.42. The minimum absolute atomic E-state index is 1.40. The molecule has 0 aliphatic carbocycles. The van der Waals surface area contributed by atoms with Gasteiger partial charge in [-0.2, -0.15) is 0 Å². The van der Waals surface area contributed by atoms with Gasteiger partial charge in [-0.15, -0.1) is 0 Å². The molecule has 0 fully saturated rings. The van der Waals surface area contributed by atoms with Crippen molar-refractivity contribution in [1.29, 1.82) is 0 Å². The fraction of sp³-hybridized carbons (Fsp3) is 1.00. The van der Waals surface area contributed by atoms with Gasteiger partial charge in [0.05, 0.1) is 0 Å².